The Hall–Kier alpha value is -4.28. The number of phenols is 2. The largest absolute Gasteiger partial charge is 0.508 e. The van der Waals surface area contributed by atoms with Gasteiger partial charge in [-0.05, 0) is 61.2 Å². The maximum atomic E-state index is 11.6. The van der Waals surface area contributed by atoms with E-state index in [9.17, 15) is 19.2 Å². The van der Waals surface area contributed by atoms with Gasteiger partial charge in [0.2, 0.25) is 17.7 Å². The molecular formula is C25H35N5O6. The molecular weight excluding hydrogens is 466 g/mol. The molecule has 0 spiro atoms. The van der Waals surface area contributed by atoms with E-state index in [0.717, 1.165) is 24.8 Å². The first-order valence-electron chi connectivity index (χ1n) is 11.6. The zero-order valence-corrected chi connectivity index (χ0v) is 20.6. The predicted molar refractivity (Wildman–Crippen MR) is 136 cm³/mol. The van der Waals surface area contributed by atoms with Gasteiger partial charge in [0.25, 0.3) is 0 Å². The number of unbranched alkanes of at least 4 members (excludes halogenated alkanes) is 2. The first-order chi connectivity index (χ1) is 17.2. The van der Waals surface area contributed by atoms with Gasteiger partial charge in [-0.15, -0.1) is 0 Å². The Bertz CT molecular complexity index is 964. The van der Waals surface area contributed by atoms with E-state index in [0.29, 0.717) is 25.1 Å². The first-order valence-corrected chi connectivity index (χ1v) is 11.6. The molecule has 2 rings (SSSR count). The van der Waals surface area contributed by atoms with Crippen LogP contribution in [0.5, 0.6) is 11.5 Å². The number of benzene rings is 2. The average molecular weight is 502 g/mol. The van der Waals surface area contributed by atoms with E-state index in [2.05, 4.69) is 26.8 Å². The number of hydrazine groups is 1. The molecule has 0 aliphatic carbocycles. The number of urea groups is 1. The molecule has 36 heavy (non-hydrogen) atoms. The monoisotopic (exact) mass is 501 g/mol. The van der Waals surface area contributed by atoms with E-state index in [1.54, 1.807) is 43.4 Å². The summed E-state index contributed by atoms with van der Waals surface area (Å²) in [5, 5.41) is 26.1. The first kappa shape index (κ1) is 29.8. The zero-order chi connectivity index (χ0) is 26.8. The third-order valence-corrected chi connectivity index (χ3v) is 4.70. The average Bonchev–Trinajstić information content (AvgIpc) is 2.86. The lowest BCUT2D eigenvalue weighted by molar-refractivity contribution is -0.127. The second kappa shape index (κ2) is 17.2. The molecule has 0 fully saturated rings. The van der Waals surface area contributed by atoms with Gasteiger partial charge in [0.15, 0.2) is 0 Å². The SMILES string of the molecule is CC(=O)NNC(=O)CCc1ccc(O)cc1.CNC(=O)NCCCCCC(=O)Nc1ccc(O)cc1. The third-order valence-electron chi connectivity index (χ3n) is 4.70. The van der Waals surface area contributed by atoms with Gasteiger partial charge in [-0.1, -0.05) is 18.6 Å². The van der Waals surface area contributed by atoms with E-state index >= 15 is 0 Å². The highest BCUT2D eigenvalue weighted by Gasteiger charge is 2.03. The van der Waals surface area contributed by atoms with Crippen LogP contribution in [-0.2, 0) is 20.8 Å². The number of hydrogen-bond acceptors (Lipinski definition) is 6. The highest BCUT2D eigenvalue weighted by Crippen LogP contribution is 2.14. The lowest BCUT2D eigenvalue weighted by Crippen LogP contribution is -2.40. The van der Waals surface area contributed by atoms with Gasteiger partial charge < -0.3 is 26.2 Å². The molecule has 0 saturated heterocycles. The van der Waals surface area contributed by atoms with Crippen molar-refractivity contribution in [2.24, 2.45) is 0 Å². The van der Waals surface area contributed by atoms with E-state index in [1.165, 1.54) is 19.1 Å². The quantitative estimate of drug-likeness (QED) is 0.150. The van der Waals surface area contributed by atoms with Crippen molar-refractivity contribution >= 4 is 29.4 Å². The van der Waals surface area contributed by atoms with E-state index < -0.39 is 0 Å². The van der Waals surface area contributed by atoms with Crippen molar-refractivity contribution in [2.75, 3.05) is 18.9 Å². The summed E-state index contributed by atoms with van der Waals surface area (Å²) in [6.07, 6.45) is 3.80. The summed E-state index contributed by atoms with van der Waals surface area (Å²) in [5.74, 6) is -0.228. The lowest BCUT2D eigenvalue weighted by Gasteiger charge is -2.06. The fourth-order valence-corrected chi connectivity index (χ4v) is 2.79. The van der Waals surface area contributed by atoms with Crippen LogP contribution in [0.15, 0.2) is 48.5 Å². The maximum absolute atomic E-state index is 11.6. The Balaban J connectivity index is 0.000000369. The van der Waals surface area contributed by atoms with Gasteiger partial charge in [0.1, 0.15) is 11.5 Å². The molecule has 0 unspecified atom stereocenters. The van der Waals surface area contributed by atoms with Crippen LogP contribution in [0.1, 0.15) is 44.6 Å². The second-order valence-corrected chi connectivity index (χ2v) is 7.81. The van der Waals surface area contributed by atoms with Crippen molar-refractivity contribution in [3.63, 3.8) is 0 Å². The van der Waals surface area contributed by atoms with E-state index in [1.807, 2.05) is 0 Å². The van der Waals surface area contributed by atoms with Gasteiger partial charge in [-0.2, -0.15) is 0 Å². The highest BCUT2D eigenvalue weighted by molar-refractivity contribution is 5.90. The predicted octanol–water partition coefficient (Wildman–Crippen LogP) is 2.31. The molecule has 0 bridgehead atoms. The molecule has 196 valence electrons. The molecule has 0 saturated carbocycles. The summed E-state index contributed by atoms with van der Waals surface area (Å²) in [4.78, 5) is 44.2. The molecule has 2 aromatic carbocycles. The highest BCUT2D eigenvalue weighted by atomic mass is 16.3. The Labute approximate surface area is 210 Å². The van der Waals surface area contributed by atoms with Gasteiger partial charge in [0, 0.05) is 39.0 Å². The molecule has 0 radical (unpaired) electrons. The lowest BCUT2D eigenvalue weighted by atomic mass is 10.1. The van der Waals surface area contributed by atoms with Gasteiger partial charge in [-0.25, -0.2) is 4.79 Å². The van der Waals surface area contributed by atoms with Gasteiger partial charge in [0.05, 0.1) is 0 Å². The van der Waals surface area contributed by atoms with Crippen LogP contribution in [0.4, 0.5) is 10.5 Å². The zero-order valence-electron chi connectivity index (χ0n) is 20.6. The molecule has 7 N–H and O–H groups in total. The van der Waals surface area contributed by atoms with Crippen LogP contribution in [0.25, 0.3) is 0 Å². The van der Waals surface area contributed by atoms with Crippen molar-refractivity contribution in [2.45, 2.75) is 45.4 Å². The maximum Gasteiger partial charge on any atom is 0.314 e. The number of hydrogen-bond donors (Lipinski definition) is 7. The number of carbonyl (C=O) groups is 4. The van der Waals surface area contributed by atoms with E-state index in [4.69, 9.17) is 10.2 Å². The normalized spacial score (nSPS) is 9.72. The van der Waals surface area contributed by atoms with Crippen LogP contribution >= 0.6 is 0 Å². The van der Waals surface area contributed by atoms with Gasteiger partial charge >= 0.3 is 6.03 Å². The number of rotatable bonds is 10. The molecule has 2 aromatic rings. The molecule has 0 aliphatic heterocycles. The van der Waals surface area contributed by atoms with Gasteiger partial charge in [-0.3, -0.25) is 25.2 Å². The summed E-state index contributed by atoms with van der Waals surface area (Å²) in [6.45, 7) is 1.93. The topological polar surface area (TPSA) is 169 Å². The Morgan fingerprint density at radius 1 is 0.750 bits per heavy atom. The smallest absolute Gasteiger partial charge is 0.314 e. The fraction of sp³-hybridized carbons (Fsp3) is 0.360. The van der Waals surface area contributed by atoms with E-state index in [-0.39, 0.29) is 41.7 Å². The molecule has 0 aliphatic rings. The van der Waals surface area contributed by atoms with Crippen LogP contribution < -0.4 is 26.8 Å². The minimum atomic E-state index is -0.307. The Morgan fingerprint density at radius 3 is 1.94 bits per heavy atom. The number of anilines is 1. The Morgan fingerprint density at radius 2 is 1.36 bits per heavy atom. The number of carbonyl (C=O) groups excluding carboxylic acids is 4. The number of amides is 5. The Kier molecular flexibility index (Phi) is 14.2. The minimum Gasteiger partial charge on any atom is -0.508 e. The minimum absolute atomic E-state index is 0.0463. The van der Waals surface area contributed by atoms with Crippen molar-refractivity contribution < 1.29 is 29.4 Å². The van der Waals surface area contributed by atoms with Crippen molar-refractivity contribution in [3.8, 4) is 11.5 Å². The van der Waals surface area contributed by atoms with Crippen molar-refractivity contribution in [1.29, 1.82) is 0 Å². The fourth-order valence-electron chi connectivity index (χ4n) is 2.79. The summed E-state index contributed by atoms with van der Waals surface area (Å²) in [7, 11) is 1.57. The summed E-state index contributed by atoms with van der Waals surface area (Å²) < 4.78 is 0. The second-order valence-electron chi connectivity index (χ2n) is 7.81. The molecule has 0 atom stereocenters. The molecule has 11 heteroatoms. The summed E-state index contributed by atoms with van der Waals surface area (Å²) >= 11 is 0. The van der Waals surface area contributed by atoms with Crippen LogP contribution in [-0.4, -0.2) is 47.6 Å². The molecule has 5 amide bonds. The molecule has 0 heterocycles. The molecule has 11 nitrogen and oxygen atoms in total. The van der Waals surface area contributed by atoms with Crippen LogP contribution in [0.3, 0.4) is 0 Å². The number of nitrogens with one attached hydrogen (secondary N) is 5. The number of aromatic hydroxyl groups is 2. The van der Waals surface area contributed by atoms with Crippen molar-refractivity contribution in [3.05, 3.63) is 54.1 Å². The standard InChI is InChI=1S/C14H21N3O3.C11H14N2O3/c1-15-14(20)16-10-4-2-3-5-13(19)17-11-6-8-12(18)9-7-11;1-8(14)12-13-11(16)7-4-9-2-5-10(15)6-3-9/h6-9,18H,2-5,10H2,1H3,(H,17,19)(H2,15,16,20);2-3,5-6,15H,4,7H2,1H3,(H,12,14)(H,13,16). The van der Waals surface area contributed by atoms with Crippen molar-refractivity contribution in [1.82, 2.24) is 21.5 Å². The number of phenolic OH excluding ortho intramolecular Hbond substituents is 2. The third kappa shape index (κ3) is 14.8. The number of aryl methyl sites for hydroxylation is 1. The summed E-state index contributed by atoms with van der Waals surface area (Å²) in [6, 6.07) is 12.8. The summed E-state index contributed by atoms with van der Waals surface area (Å²) in [5.41, 5.74) is 6.12. The van der Waals surface area contributed by atoms with Crippen LogP contribution in [0.2, 0.25) is 0 Å². The van der Waals surface area contributed by atoms with Crippen LogP contribution in [0, 0.1) is 0 Å². The molecule has 0 aromatic heterocycles.